The van der Waals surface area contributed by atoms with E-state index in [1.165, 1.54) is 0 Å². The summed E-state index contributed by atoms with van der Waals surface area (Å²) >= 11 is 0. The van der Waals surface area contributed by atoms with Crippen LogP contribution in [0.3, 0.4) is 0 Å². The Balaban J connectivity index is 1.91. The van der Waals surface area contributed by atoms with Crippen LogP contribution < -0.4 is 0 Å². The van der Waals surface area contributed by atoms with Gasteiger partial charge in [0.2, 0.25) is 0 Å². The van der Waals surface area contributed by atoms with Crippen molar-refractivity contribution in [2.24, 2.45) is 0 Å². The average molecular weight is 322 g/mol. The summed E-state index contributed by atoms with van der Waals surface area (Å²) in [4.78, 5) is 0. The highest BCUT2D eigenvalue weighted by Gasteiger charge is 2.10. The standard InChI is InChI=1S/C24H18O/c25-19-23(18-16-21-11-5-2-6-12-21)24-14-8-7-13-22(24)17-15-20-9-3-1-4-10-20/h1-14,23,25H,19H2. The number of hydrogen-bond donors (Lipinski definition) is 1. The number of aliphatic hydroxyl groups excluding tert-OH is 1. The van der Waals surface area contributed by atoms with Crippen molar-refractivity contribution in [3.05, 3.63) is 107 Å². The van der Waals surface area contributed by atoms with Crippen LogP contribution in [0.1, 0.15) is 28.2 Å². The summed E-state index contributed by atoms with van der Waals surface area (Å²) in [6, 6.07) is 27.5. The second-order valence-corrected chi connectivity index (χ2v) is 5.57. The molecule has 3 aromatic carbocycles. The number of aliphatic hydroxyl groups is 1. The quantitative estimate of drug-likeness (QED) is 0.701. The molecule has 0 bridgehead atoms. The van der Waals surface area contributed by atoms with E-state index in [2.05, 4.69) is 23.7 Å². The summed E-state index contributed by atoms with van der Waals surface area (Å²) in [5, 5.41) is 9.82. The molecule has 1 heteroatoms. The molecule has 1 atom stereocenters. The molecule has 120 valence electrons. The molecular formula is C24H18O. The molecule has 0 aliphatic heterocycles. The monoisotopic (exact) mass is 322 g/mol. The summed E-state index contributed by atoms with van der Waals surface area (Å²) < 4.78 is 0. The summed E-state index contributed by atoms with van der Waals surface area (Å²) in [6.45, 7) is -0.0378. The highest BCUT2D eigenvalue weighted by molar-refractivity contribution is 5.50. The fourth-order valence-corrected chi connectivity index (χ4v) is 2.49. The Labute approximate surface area is 149 Å². The molecule has 0 saturated carbocycles. The molecule has 1 unspecified atom stereocenters. The minimum absolute atomic E-state index is 0.0378. The van der Waals surface area contributed by atoms with Crippen LogP contribution >= 0.6 is 0 Å². The molecule has 0 heterocycles. The first-order chi connectivity index (χ1) is 12.4. The topological polar surface area (TPSA) is 20.2 Å². The van der Waals surface area contributed by atoms with Gasteiger partial charge in [-0.3, -0.25) is 0 Å². The number of rotatable bonds is 2. The second kappa shape index (κ2) is 8.55. The van der Waals surface area contributed by atoms with Gasteiger partial charge in [-0.1, -0.05) is 78.3 Å². The zero-order valence-electron chi connectivity index (χ0n) is 13.8. The van der Waals surface area contributed by atoms with E-state index >= 15 is 0 Å². The Hall–Kier alpha value is -3.26. The van der Waals surface area contributed by atoms with Crippen molar-refractivity contribution in [3.63, 3.8) is 0 Å². The van der Waals surface area contributed by atoms with Gasteiger partial charge in [-0.2, -0.15) is 0 Å². The van der Waals surface area contributed by atoms with E-state index in [1.54, 1.807) is 0 Å². The minimum Gasteiger partial charge on any atom is -0.395 e. The fourth-order valence-electron chi connectivity index (χ4n) is 2.49. The lowest BCUT2D eigenvalue weighted by Crippen LogP contribution is -2.04. The zero-order chi connectivity index (χ0) is 17.3. The third-order valence-corrected chi connectivity index (χ3v) is 3.80. The van der Waals surface area contributed by atoms with E-state index in [0.717, 1.165) is 22.3 Å². The van der Waals surface area contributed by atoms with Gasteiger partial charge in [0.05, 0.1) is 12.5 Å². The third-order valence-electron chi connectivity index (χ3n) is 3.80. The van der Waals surface area contributed by atoms with E-state index in [-0.39, 0.29) is 12.5 Å². The Kier molecular flexibility index (Phi) is 5.68. The van der Waals surface area contributed by atoms with Crippen molar-refractivity contribution >= 4 is 0 Å². The first kappa shape index (κ1) is 16.6. The summed E-state index contributed by atoms with van der Waals surface area (Å²) in [6.07, 6.45) is 0. The Morgan fingerprint density at radius 1 is 0.640 bits per heavy atom. The SMILES string of the molecule is OCC(C#Cc1ccccc1)c1ccccc1C#Cc1ccccc1. The van der Waals surface area contributed by atoms with Gasteiger partial charge in [0.15, 0.2) is 0 Å². The van der Waals surface area contributed by atoms with Crippen LogP contribution in [-0.4, -0.2) is 11.7 Å². The van der Waals surface area contributed by atoms with Gasteiger partial charge in [0.1, 0.15) is 0 Å². The normalized spacial score (nSPS) is 10.8. The van der Waals surface area contributed by atoms with Gasteiger partial charge >= 0.3 is 0 Å². The smallest absolute Gasteiger partial charge is 0.0699 e. The number of hydrogen-bond acceptors (Lipinski definition) is 1. The fraction of sp³-hybridized carbons (Fsp3) is 0.0833. The lowest BCUT2D eigenvalue weighted by molar-refractivity contribution is 0.286. The van der Waals surface area contributed by atoms with Gasteiger partial charge in [-0.25, -0.2) is 0 Å². The lowest BCUT2D eigenvalue weighted by Gasteiger charge is -2.10. The molecule has 1 N–H and O–H groups in total. The summed E-state index contributed by atoms with van der Waals surface area (Å²) in [5.41, 5.74) is 3.76. The first-order valence-corrected chi connectivity index (χ1v) is 8.20. The average Bonchev–Trinajstić information content (AvgIpc) is 2.69. The Bertz CT molecular complexity index is 935. The maximum Gasteiger partial charge on any atom is 0.0699 e. The molecule has 0 aromatic heterocycles. The van der Waals surface area contributed by atoms with Gasteiger partial charge in [-0.15, -0.1) is 0 Å². The van der Waals surface area contributed by atoms with Crippen molar-refractivity contribution in [2.75, 3.05) is 6.61 Å². The van der Waals surface area contributed by atoms with Crippen LogP contribution in [0.2, 0.25) is 0 Å². The molecule has 25 heavy (non-hydrogen) atoms. The number of benzene rings is 3. The Morgan fingerprint density at radius 2 is 1.20 bits per heavy atom. The minimum atomic E-state index is -0.263. The van der Waals surface area contributed by atoms with Crippen LogP contribution in [0, 0.1) is 23.7 Å². The highest BCUT2D eigenvalue weighted by Crippen LogP contribution is 2.19. The Morgan fingerprint density at radius 3 is 1.84 bits per heavy atom. The maximum atomic E-state index is 9.82. The first-order valence-electron chi connectivity index (χ1n) is 8.20. The molecule has 3 aromatic rings. The van der Waals surface area contributed by atoms with E-state index in [4.69, 9.17) is 0 Å². The van der Waals surface area contributed by atoms with Crippen LogP contribution in [0.4, 0.5) is 0 Å². The van der Waals surface area contributed by atoms with Gasteiger partial charge < -0.3 is 5.11 Å². The molecule has 0 amide bonds. The molecule has 1 nitrogen and oxygen atoms in total. The molecule has 0 saturated heterocycles. The van der Waals surface area contributed by atoms with Gasteiger partial charge in [-0.05, 0) is 35.9 Å². The van der Waals surface area contributed by atoms with Gasteiger partial charge in [0, 0.05) is 16.7 Å². The summed E-state index contributed by atoms with van der Waals surface area (Å²) in [5.74, 6) is 12.4. The molecule has 3 rings (SSSR count). The van der Waals surface area contributed by atoms with Crippen LogP contribution in [0.25, 0.3) is 0 Å². The molecule has 0 spiro atoms. The van der Waals surface area contributed by atoms with E-state index in [1.807, 2.05) is 84.9 Å². The molecule has 0 fully saturated rings. The maximum absolute atomic E-state index is 9.82. The molecule has 0 aliphatic carbocycles. The lowest BCUT2D eigenvalue weighted by atomic mass is 9.95. The predicted octanol–water partition coefficient (Wildman–Crippen LogP) is 4.21. The van der Waals surface area contributed by atoms with Crippen molar-refractivity contribution < 1.29 is 5.11 Å². The summed E-state index contributed by atoms with van der Waals surface area (Å²) in [7, 11) is 0. The van der Waals surface area contributed by atoms with Crippen LogP contribution in [0.15, 0.2) is 84.9 Å². The zero-order valence-corrected chi connectivity index (χ0v) is 13.8. The van der Waals surface area contributed by atoms with Crippen LogP contribution in [-0.2, 0) is 0 Å². The molecular weight excluding hydrogens is 304 g/mol. The van der Waals surface area contributed by atoms with Crippen molar-refractivity contribution in [1.29, 1.82) is 0 Å². The molecule has 0 radical (unpaired) electrons. The molecule has 0 aliphatic rings. The largest absolute Gasteiger partial charge is 0.395 e. The predicted molar refractivity (Wildman–Crippen MR) is 102 cm³/mol. The van der Waals surface area contributed by atoms with E-state index in [0.29, 0.717) is 0 Å². The second-order valence-electron chi connectivity index (χ2n) is 5.57. The van der Waals surface area contributed by atoms with Crippen molar-refractivity contribution in [2.45, 2.75) is 5.92 Å². The van der Waals surface area contributed by atoms with E-state index in [9.17, 15) is 5.11 Å². The van der Waals surface area contributed by atoms with Crippen molar-refractivity contribution in [1.82, 2.24) is 0 Å². The van der Waals surface area contributed by atoms with Gasteiger partial charge in [0.25, 0.3) is 0 Å². The van der Waals surface area contributed by atoms with Crippen molar-refractivity contribution in [3.8, 4) is 23.7 Å². The van der Waals surface area contributed by atoms with Crippen LogP contribution in [0.5, 0.6) is 0 Å². The van der Waals surface area contributed by atoms with E-state index < -0.39 is 0 Å². The third kappa shape index (κ3) is 4.61. The highest BCUT2D eigenvalue weighted by atomic mass is 16.3.